The molecule has 0 saturated carbocycles. The lowest BCUT2D eigenvalue weighted by atomic mass is 10.1. The first-order valence-corrected chi connectivity index (χ1v) is 9.30. The second kappa shape index (κ2) is 7.28. The van der Waals surface area contributed by atoms with Crippen molar-refractivity contribution < 1.29 is 14.3 Å². The van der Waals surface area contributed by atoms with Crippen molar-refractivity contribution >= 4 is 17.8 Å². The lowest BCUT2D eigenvalue weighted by Crippen LogP contribution is -2.63. The minimum atomic E-state index is -0.497. The monoisotopic (exact) mass is 371 g/mol. The van der Waals surface area contributed by atoms with Crippen molar-refractivity contribution in [3.63, 3.8) is 0 Å². The maximum Gasteiger partial charge on any atom is 0.325 e. The summed E-state index contributed by atoms with van der Waals surface area (Å²) in [5, 5.41) is 2.45. The Morgan fingerprint density at radius 3 is 2.67 bits per heavy atom. The van der Waals surface area contributed by atoms with Gasteiger partial charge in [0.15, 0.2) is 12.2 Å². The molecule has 3 aliphatic rings. The molecule has 2 fully saturated rings. The van der Waals surface area contributed by atoms with Crippen LogP contribution in [0.25, 0.3) is 0 Å². The second-order valence-electron chi connectivity index (χ2n) is 7.25. The van der Waals surface area contributed by atoms with Gasteiger partial charge in [-0.3, -0.25) is 15.0 Å². The van der Waals surface area contributed by atoms with Crippen LogP contribution in [0, 0.1) is 6.92 Å². The molecule has 2 saturated heterocycles. The molecule has 0 aromatic heterocycles. The predicted molar refractivity (Wildman–Crippen MR) is 100 cm³/mol. The number of nitrogens with one attached hydrogen (secondary N) is 1. The van der Waals surface area contributed by atoms with Crippen LogP contribution in [0.1, 0.15) is 11.1 Å². The summed E-state index contributed by atoms with van der Waals surface area (Å²) in [5.74, 6) is 0.573. The third kappa shape index (κ3) is 3.42. The molecule has 8 nitrogen and oxygen atoms in total. The maximum absolute atomic E-state index is 12.6. The van der Waals surface area contributed by atoms with Crippen LogP contribution in [-0.2, 0) is 16.1 Å². The number of amidine groups is 1. The Morgan fingerprint density at radius 2 is 1.93 bits per heavy atom. The largest absolute Gasteiger partial charge is 0.379 e. The van der Waals surface area contributed by atoms with Crippen LogP contribution in [0.5, 0.6) is 0 Å². The van der Waals surface area contributed by atoms with Gasteiger partial charge in [-0.05, 0) is 18.1 Å². The SMILES string of the molecule is Cc1ccccc1CN1C(CN2CCOCC2)=NC2C1C(=O)NC(=O)N2C. The molecular weight excluding hydrogens is 346 g/mol. The number of carbonyl (C=O) groups excluding carboxylic acids is 2. The fourth-order valence-electron chi connectivity index (χ4n) is 3.83. The summed E-state index contributed by atoms with van der Waals surface area (Å²) in [4.78, 5) is 35.3. The van der Waals surface area contributed by atoms with Gasteiger partial charge in [0, 0.05) is 26.7 Å². The van der Waals surface area contributed by atoms with Gasteiger partial charge in [-0.2, -0.15) is 0 Å². The molecule has 1 aromatic rings. The topological polar surface area (TPSA) is 77.5 Å². The summed E-state index contributed by atoms with van der Waals surface area (Å²) >= 11 is 0. The summed E-state index contributed by atoms with van der Waals surface area (Å²) in [6, 6.07) is 7.26. The number of hydrogen-bond acceptors (Lipinski definition) is 6. The number of carbonyl (C=O) groups is 2. The van der Waals surface area contributed by atoms with Crippen LogP contribution in [-0.4, -0.2) is 84.6 Å². The van der Waals surface area contributed by atoms with Gasteiger partial charge in [-0.15, -0.1) is 0 Å². The average Bonchev–Trinajstić information content (AvgIpc) is 3.01. The van der Waals surface area contributed by atoms with E-state index in [0.29, 0.717) is 26.3 Å². The van der Waals surface area contributed by atoms with Gasteiger partial charge in [0.2, 0.25) is 0 Å². The van der Waals surface area contributed by atoms with E-state index in [2.05, 4.69) is 34.2 Å². The van der Waals surface area contributed by atoms with Gasteiger partial charge in [0.05, 0.1) is 19.8 Å². The van der Waals surface area contributed by atoms with Crippen LogP contribution >= 0.6 is 0 Å². The van der Waals surface area contributed by atoms with Gasteiger partial charge >= 0.3 is 6.03 Å². The Morgan fingerprint density at radius 1 is 1.19 bits per heavy atom. The number of hydrogen-bond donors (Lipinski definition) is 1. The van der Waals surface area contributed by atoms with E-state index in [0.717, 1.165) is 24.5 Å². The van der Waals surface area contributed by atoms with Crippen molar-refractivity contribution in [2.45, 2.75) is 25.7 Å². The first-order valence-electron chi connectivity index (χ1n) is 9.30. The fraction of sp³-hybridized carbons (Fsp3) is 0.526. The number of urea groups is 1. The van der Waals surface area contributed by atoms with E-state index < -0.39 is 18.2 Å². The molecule has 1 aromatic carbocycles. The molecule has 2 unspecified atom stereocenters. The lowest BCUT2D eigenvalue weighted by molar-refractivity contribution is -0.127. The number of rotatable bonds is 4. The number of benzene rings is 1. The molecule has 0 bridgehead atoms. The van der Waals surface area contributed by atoms with Crippen molar-refractivity contribution in [1.29, 1.82) is 0 Å². The first kappa shape index (κ1) is 17.9. The summed E-state index contributed by atoms with van der Waals surface area (Å²) in [6.07, 6.45) is -0.480. The number of nitrogens with zero attached hydrogens (tertiary/aromatic N) is 4. The Labute approximate surface area is 158 Å². The second-order valence-corrected chi connectivity index (χ2v) is 7.25. The normalized spacial score (nSPS) is 26.1. The molecule has 4 rings (SSSR count). The number of aliphatic imine (C=N–C) groups is 1. The molecule has 3 aliphatic heterocycles. The van der Waals surface area contributed by atoms with E-state index in [1.54, 1.807) is 7.05 Å². The van der Waals surface area contributed by atoms with Gasteiger partial charge in [-0.25, -0.2) is 9.79 Å². The third-order valence-electron chi connectivity index (χ3n) is 5.52. The molecule has 0 spiro atoms. The van der Waals surface area contributed by atoms with Crippen molar-refractivity contribution in [1.82, 2.24) is 20.0 Å². The number of imide groups is 1. The molecule has 0 radical (unpaired) electrons. The standard InChI is InChI=1S/C19H25N5O3/c1-13-5-3-4-6-14(13)11-24-15(12-23-7-9-27-10-8-23)20-17-16(24)18(25)21-19(26)22(17)2/h3-6,16-17H,7-12H2,1-2H3,(H,21,25,26). The van der Waals surface area contributed by atoms with Gasteiger partial charge in [-0.1, -0.05) is 24.3 Å². The van der Waals surface area contributed by atoms with Gasteiger partial charge in [0.25, 0.3) is 5.91 Å². The van der Waals surface area contributed by atoms with E-state index in [1.165, 1.54) is 10.5 Å². The first-order chi connectivity index (χ1) is 13.0. The summed E-state index contributed by atoms with van der Waals surface area (Å²) in [6.45, 7) is 6.40. The van der Waals surface area contributed by atoms with Crippen LogP contribution < -0.4 is 5.32 Å². The molecule has 0 aliphatic carbocycles. The van der Waals surface area contributed by atoms with Gasteiger partial charge < -0.3 is 14.5 Å². The molecular formula is C19H25N5O3. The third-order valence-corrected chi connectivity index (χ3v) is 5.52. The zero-order valence-corrected chi connectivity index (χ0v) is 15.7. The minimum absolute atomic E-state index is 0.280. The number of ether oxygens (including phenoxy) is 1. The number of morpholine rings is 1. The van der Waals surface area contributed by atoms with E-state index in [9.17, 15) is 9.59 Å². The summed E-state index contributed by atoms with van der Waals surface area (Å²) < 4.78 is 5.43. The van der Waals surface area contributed by atoms with E-state index in [4.69, 9.17) is 9.73 Å². The maximum atomic E-state index is 12.6. The van der Waals surface area contributed by atoms with Crippen molar-refractivity contribution in [3.05, 3.63) is 35.4 Å². The molecule has 1 N–H and O–H groups in total. The zero-order valence-electron chi connectivity index (χ0n) is 15.7. The average molecular weight is 371 g/mol. The number of amides is 3. The Hall–Kier alpha value is -2.45. The molecule has 3 heterocycles. The molecule has 2 atom stereocenters. The predicted octanol–water partition coefficient (Wildman–Crippen LogP) is 0.418. The Kier molecular flexibility index (Phi) is 4.84. The molecule has 3 amide bonds. The molecule has 144 valence electrons. The zero-order chi connectivity index (χ0) is 19.0. The lowest BCUT2D eigenvalue weighted by Gasteiger charge is -2.37. The highest BCUT2D eigenvalue weighted by atomic mass is 16.5. The molecule has 8 heteroatoms. The van der Waals surface area contributed by atoms with Crippen LogP contribution in [0.3, 0.4) is 0 Å². The number of aryl methyl sites for hydroxylation is 1. The van der Waals surface area contributed by atoms with Crippen LogP contribution in [0.15, 0.2) is 29.3 Å². The van der Waals surface area contributed by atoms with E-state index in [-0.39, 0.29) is 5.91 Å². The minimum Gasteiger partial charge on any atom is -0.379 e. The van der Waals surface area contributed by atoms with E-state index in [1.807, 2.05) is 12.1 Å². The van der Waals surface area contributed by atoms with Gasteiger partial charge in [0.1, 0.15) is 5.84 Å². The highest BCUT2D eigenvalue weighted by molar-refractivity contribution is 6.04. The van der Waals surface area contributed by atoms with Crippen LogP contribution in [0.2, 0.25) is 0 Å². The van der Waals surface area contributed by atoms with E-state index >= 15 is 0 Å². The smallest absolute Gasteiger partial charge is 0.325 e. The van der Waals surface area contributed by atoms with Crippen molar-refractivity contribution in [3.8, 4) is 0 Å². The Bertz CT molecular complexity index is 774. The molecule has 27 heavy (non-hydrogen) atoms. The van der Waals surface area contributed by atoms with Crippen molar-refractivity contribution in [2.24, 2.45) is 4.99 Å². The highest BCUT2D eigenvalue weighted by Crippen LogP contribution is 2.27. The quantitative estimate of drug-likeness (QED) is 0.830. The van der Waals surface area contributed by atoms with Crippen LogP contribution in [0.4, 0.5) is 4.79 Å². The number of fused-ring (bicyclic) bond motifs is 1. The summed E-state index contributed by atoms with van der Waals surface area (Å²) in [7, 11) is 1.69. The van der Waals surface area contributed by atoms with Crippen molar-refractivity contribution in [2.75, 3.05) is 39.9 Å². The fourth-order valence-corrected chi connectivity index (χ4v) is 3.83. The highest BCUT2D eigenvalue weighted by Gasteiger charge is 2.48. The number of likely N-dealkylation sites (N-methyl/N-ethyl adjacent to an activating group) is 1. The summed E-state index contributed by atoms with van der Waals surface area (Å²) in [5.41, 5.74) is 2.33. The Balaban J connectivity index is 1.63.